The third-order valence-corrected chi connectivity index (χ3v) is 3.84. The second-order valence-corrected chi connectivity index (χ2v) is 5.43. The second-order valence-electron chi connectivity index (χ2n) is 5.43. The fourth-order valence-electron chi connectivity index (χ4n) is 2.50. The molecule has 0 aliphatic carbocycles. The van der Waals surface area contributed by atoms with E-state index >= 15 is 0 Å². The highest BCUT2D eigenvalue weighted by Crippen LogP contribution is 2.37. The first-order valence-electron chi connectivity index (χ1n) is 7.47. The van der Waals surface area contributed by atoms with Gasteiger partial charge >= 0.3 is 5.97 Å². The number of benzene rings is 2. The van der Waals surface area contributed by atoms with E-state index in [9.17, 15) is 4.79 Å². The molecule has 1 unspecified atom stereocenters. The minimum absolute atomic E-state index is 0.451. The van der Waals surface area contributed by atoms with E-state index in [0.717, 1.165) is 22.6 Å². The lowest BCUT2D eigenvalue weighted by molar-refractivity contribution is -0.206. The number of esters is 1. The van der Waals surface area contributed by atoms with Gasteiger partial charge in [-0.15, -0.1) is 0 Å². The molecule has 0 aromatic heterocycles. The number of cyclic esters (lactones) is 1. The Morgan fingerprint density at radius 1 is 0.833 bits per heavy atom. The number of carbonyl (C=O) groups excluding carboxylic acids is 1. The zero-order chi connectivity index (χ0) is 17.2. The summed E-state index contributed by atoms with van der Waals surface area (Å²) in [6, 6.07) is 14.5. The predicted molar refractivity (Wildman–Crippen MR) is 88.5 cm³/mol. The van der Waals surface area contributed by atoms with Crippen molar-refractivity contribution in [3.63, 3.8) is 0 Å². The van der Waals surface area contributed by atoms with E-state index in [4.69, 9.17) is 18.9 Å². The van der Waals surface area contributed by atoms with E-state index in [1.807, 2.05) is 36.4 Å². The molecule has 0 amide bonds. The molecule has 0 bridgehead atoms. The molecule has 5 nitrogen and oxygen atoms in total. The molecule has 1 atom stereocenters. The largest absolute Gasteiger partial charge is 0.497 e. The van der Waals surface area contributed by atoms with Gasteiger partial charge in [0.15, 0.2) is 0 Å². The van der Waals surface area contributed by atoms with Gasteiger partial charge in [0, 0.05) is 18.1 Å². The molecule has 0 saturated heterocycles. The van der Waals surface area contributed by atoms with Crippen LogP contribution in [0, 0.1) is 0 Å². The Labute approximate surface area is 140 Å². The highest BCUT2D eigenvalue weighted by molar-refractivity contribution is 5.91. The maximum atomic E-state index is 12.1. The van der Waals surface area contributed by atoms with Gasteiger partial charge in [-0.3, -0.25) is 0 Å². The van der Waals surface area contributed by atoms with Gasteiger partial charge < -0.3 is 18.9 Å². The minimum Gasteiger partial charge on any atom is -0.497 e. The van der Waals surface area contributed by atoms with Crippen LogP contribution in [0.3, 0.4) is 0 Å². The molecule has 0 radical (unpaired) electrons. The van der Waals surface area contributed by atoms with Crippen LogP contribution >= 0.6 is 0 Å². The monoisotopic (exact) mass is 326 g/mol. The molecular formula is C19H18O5. The third-order valence-electron chi connectivity index (χ3n) is 3.84. The van der Waals surface area contributed by atoms with Crippen molar-refractivity contribution in [1.82, 2.24) is 0 Å². The highest BCUT2D eigenvalue weighted by Gasteiger charge is 2.37. The number of hydrogen-bond donors (Lipinski definition) is 0. The third kappa shape index (κ3) is 3.06. The maximum Gasteiger partial charge on any atom is 0.338 e. The second kappa shape index (κ2) is 6.28. The van der Waals surface area contributed by atoms with Crippen molar-refractivity contribution in [3.8, 4) is 11.5 Å². The van der Waals surface area contributed by atoms with Crippen molar-refractivity contribution in [3.05, 3.63) is 65.7 Å². The Morgan fingerprint density at radius 3 is 1.92 bits per heavy atom. The van der Waals surface area contributed by atoms with Crippen LogP contribution in [-0.4, -0.2) is 20.2 Å². The number of rotatable bonds is 4. The van der Waals surface area contributed by atoms with Crippen LogP contribution in [0.5, 0.6) is 11.5 Å². The van der Waals surface area contributed by atoms with Gasteiger partial charge in [0.05, 0.1) is 20.3 Å². The van der Waals surface area contributed by atoms with E-state index in [1.165, 1.54) is 6.08 Å². The summed E-state index contributed by atoms with van der Waals surface area (Å²) in [7, 11) is 3.20. The summed E-state index contributed by atoms with van der Waals surface area (Å²) in [4.78, 5) is 12.1. The Hall–Kier alpha value is -2.95. The number of hydrogen-bond acceptors (Lipinski definition) is 5. The first kappa shape index (κ1) is 15.9. The van der Waals surface area contributed by atoms with Gasteiger partial charge in [-0.25, -0.2) is 4.79 Å². The Balaban J connectivity index is 1.91. The molecule has 1 aliphatic heterocycles. The minimum atomic E-state index is -1.20. The average Bonchev–Trinajstić information content (AvgIpc) is 2.61. The molecule has 124 valence electrons. The number of carbonyl (C=O) groups is 1. The predicted octanol–water partition coefficient (Wildman–Crippen LogP) is 3.49. The van der Waals surface area contributed by atoms with Crippen molar-refractivity contribution in [2.75, 3.05) is 14.2 Å². The van der Waals surface area contributed by atoms with Crippen LogP contribution in [0.2, 0.25) is 0 Å². The van der Waals surface area contributed by atoms with Crippen LogP contribution < -0.4 is 9.47 Å². The Morgan fingerprint density at radius 2 is 1.38 bits per heavy atom. The zero-order valence-corrected chi connectivity index (χ0v) is 13.7. The lowest BCUT2D eigenvalue weighted by Crippen LogP contribution is -2.34. The summed E-state index contributed by atoms with van der Waals surface area (Å²) >= 11 is 0. The van der Waals surface area contributed by atoms with E-state index in [0.29, 0.717) is 5.76 Å². The van der Waals surface area contributed by atoms with Crippen molar-refractivity contribution >= 4 is 11.7 Å². The fourth-order valence-corrected chi connectivity index (χ4v) is 2.50. The molecule has 1 heterocycles. The highest BCUT2D eigenvalue weighted by atomic mass is 16.7. The quantitative estimate of drug-likeness (QED) is 0.805. The molecule has 24 heavy (non-hydrogen) atoms. The lowest BCUT2D eigenvalue weighted by atomic mass is 10.1. The van der Waals surface area contributed by atoms with Crippen LogP contribution in [-0.2, 0) is 20.1 Å². The van der Waals surface area contributed by atoms with E-state index < -0.39 is 11.8 Å². The number of ether oxygens (including phenoxy) is 4. The standard InChI is InChI=1S/C19H18O5/c1-19(14-6-10-16(22-3)11-7-14)23-17(12-18(20)24-19)13-4-8-15(21-2)9-5-13/h4-12H,1-3H3. The van der Waals surface area contributed by atoms with E-state index in [2.05, 4.69) is 0 Å². The summed E-state index contributed by atoms with van der Waals surface area (Å²) in [6.45, 7) is 1.71. The molecule has 1 aliphatic rings. The van der Waals surface area contributed by atoms with Crippen LogP contribution in [0.4, 0.5) is 0 Å². The van der Waals surface area contributed by atoms with Gasteiger partial charge in [0.1, 0.15) is 17.3 Å². The summed E-state index contributed by atoms with van der Waals surface area (Å²) < 4.78 is 21.7. The number of methoxy groups -OCH3 is 2. The molecule has 0 N–H and O–H groups in total. The molecule has 0 spiro atoms. The zero-order valence-electron chi connectivity index (χ0n) is 13.7. The smallest absolute Gasteiger partial charge is 0.338 e. The van der Waals surface area contributed by atoms with Crippen LogP contribution in [0.1, 0.15) is 18.1 Å². The first-order valence-corrected chi connectivity index (χ1v) is 7.47. The van der Waals surface area contributed by atoms with Gasteiger partial charge in [-0.1, -0.05) is 0 Å². The molecular weight excluding hydrogens is 308 g/mol. The van der Waals surface area contributed by atoms with E-state index in [-0.39, 0.29) is 0 Å². The SMILES string of the molecule is COc1ccc(C2=CC(=O)OC(C)(c3ccc(OC)cc3)O2)cc1. The molecule has 2 aromatic rings. The van der Waals surface area contributed by atoms with Crippen LogP contribution in [0.25, 0.3) is 5.76 Å². The van der Waals surface area contributed by atoms with Gasteiger partial charge in [-0.05, 0) is 48.5 Å². The topological polar surface area (TPSA) is 54.0 Å². The Bertz CT molecular complexity index is 761. The fraction of sp³-hybridized carbons (Fsp3) is 0.211. The molecule has 2 aromatic carbocycles. The van der Waals surface area contributed by atoms with Crippen LogP contribution in [0.15, 0.2) is 54.6 Å². The van der Waals surface area contributed by atoms with Crippen molar-refractivity contribution in [2.45, 2.75) is 12.7 Å². The lowest BCUT2D eigenvalue weighted by Gasteiger charge is -2.34. The molecule has 5 heteroatoms. The Kier molecular flexibility index (Phi) is 4.16. The average molecular weight is 326 g/mol. The van der Waals surface area contributed by atoms with Gasteiger partial charge in [-0.2, -0.15) is 0 Å². The maximum absolute atomic E-state index is 12.1. The van der Waals surface area contributed by atoms with Crippen molar-refractivity contribution < 1.29 is 23.7 Å². The summed E-state index contributed by atoms with van der Waals surface area (Å²) in [6.07, 6.45) is 1.34. The van der Waals surface area contributed by atoms with Crippen molar-refractivity contribution in [1.29, 1.82) is 0 Å². The molecule has 3 rings (SSSR count). The first-order chi connectivity index (χ1) is 11.5. The normalized spacial score (nSPS) is 19.8. The summed E-state index contributed by atoms with van der Waals surface area (Å²) in [5.74, 6) is 0.247. The summed E-state index contributed by atoms with van der Waals surface area (Å²) in [5, 5.41) is 0. The van der Waals surface area contributed by atoms with Crippen molar-refractivity contribution in [2.24, 2.45) is 0 Å². The van der Waals surface area contributed by atoms with Gasteiger partial charge in [0.25, 0.3) is 5.79 Å². The summed E-state index contributed by atoms with van der Waals surface area (Å²) in [5.41, 5.74) is 1.49. The van der Waals surface area contributed by atoms with E-state index in [1.54, 1.807) is 33.3 Å². The van der Waals surface area contributed by atoms with Gasteiger partial charge in [0.2, 0.25) is 0 Å². The molecule has 0 saturated carbocycles. The molecule has 0 fully saturated rings.